The maximum Gasteiger partial charge on any atom is 0.117 e. The van der Waals surface area contributed by atoms with Gasteiger partial charge in [-0.3, -0.25) is 0 Å². The first-order valence-electron chi connectivity index (χ1n) is 7.68. The molecule has 0 spiro atoms. The second-order valence-corrected chi connectivity index (χ2v) is 6.72. The second-order valence-electron chi connectivity index (χ2n) is 6.72. The molecule has 0 atom stereocenters. The third-order valence-electron chi connectivity index (χ3n) is 5.57. The van der Waals surface area contributed by atoms with Crippen LogP contribution in [-0.4, -0.2) is 18.0 Å². The van der Waals surface area contributed by atoms with Crippen LogP contribution in [0, 0.1) is 35.0 Å². The standard InChI is InChI=1S/C17H24N2/c1-3-4-5-16(11-18)19(2)17-14-7-12-6-13(9-14)10-15(17)8-12/h3-5,12-15,17H,6-10H2,1-2H3/b4-3+,16-5+. The van der Waals surface area contributed by atoms with E-state index in [0.717, 1.165) is 29.4 Å². The average molecular weight is 256 g/mol. The zero-order valence-electron chi connectivity index (χ0n) is 12.0. The molecular formula is C17H24N2. The van der Waals surface area contributed by atoms with Crippen molar-refractivity contribution in [3.63, 3.8) is 0 Å². The Morgan fingerprint density at radius 1 is 1.11 bits per heavy atom. The highest BCUT2D eigenvalue weighted by atomic mass is 15.2. The molecule has 4 aliphatic rings. The normalized spacial score (nSPS) is 40.7. The van der Waals surface area contributed by atoms with E-state index >= 15 is 0 Å². The summed E-state index contributed by atoms with van der Waals surface area (Å²) in [5.41, 5.74) is 0.829. The van der Waals surface area contributed by atoms with E-state index in [0.29, 0.717) is 6.04 Å². The number of rotatable bonds is 3. The quantitative estimate of drug-likeness (QED) is 0.568. The van der Waals surface area contributed by atoms with Crippen molar-refractivity contribution in [2.45, 2.75) is 45.1 Å². The smallest absolute Gasteiger partial charge is 0.117 e. The van der Waals surface area contributed by atoms with Gasteiger partial charge in [0, 0.05) is 13.1 Å². The number of hydrogen-bond donors (Lipinski definition) is 0. The summed E-state index contributed by atoms with van der Waals surface area (Å²) in [6.07, 6.45) is 13.0. The Bertz CT molecular complexity index is 413. The van der Waals surface area contributed by atoms with Gasteiger partial charge in [0.25, 0.3) is 0 Å². The summed E-state index contributed by atoms with van der Waals surface area (Å²) in [4.78, 5) is 2.28. The molecule has 4 bridgehead atoms. The van der Waals surface area contributed by atoms with Crippen LogP contribution >= 0.6 is 0 Å². The van der Waals surface area contributed by atoms with Gasteiger partial charge in [-0.25, -0.2) is 0 Å². The zero-order chi connectivity index (χ0) is 13.4. The molecule has 2 heteroatoms. The monoisotopic (exact) mass is 256 g/mol. The van der Waals surface area contributed by atoms with Crippen molar-refractivity contribution >= 4 is 0 Å². The van der Waals surface area contributed by atoms with Crippen LogP contribution in [0.1, 0.15) is 39.0 Å². The van der Waals surface area contributed by atoms with Gasteiger partial charge in [0.2, 0.25) is 0 Å². The molecule has 4 rings (SSSR count). The van der Waals surface area contributed by atoms with Gasteiger partial charge in [0.1, 0.15) is 11.8 Å². The van der Waals surface area contributed by atoms with E-state index in [1.165, 1.54) is 32.1 Å². The van der Waals surface area contributed by atoms with Crippen LogP contribution in [0.25, 0.3) is 0 Å². The number of hydrogen-bond acceptors (Lipinski definition) is 2. The first kappa shape index (κ1) is 12.8. The zero-order valence-corrected chi connectivity index (χ0v) is 12.0. The molecule has 4 saturated carbocycles. The van der Waals surface area contributed by atoms with E-state index in [-0.39, 0.29) is 0 Å². The number of allylic oxidation sites excluding steroid dienone is 4. The van der Waals surface area contributed by atoms with Gasteiger partial charge in [-0.05, 0) is 68.8 Å². The first-order chi connectivity index (χ1) is 9.22. The summed E-state index contributed by atoms with van der Waals surface area (Å²) in [6.45, 7) is 1.99. The van der Waals surface area contributed by atoms with Crippen molar-refractivity contribution in [3.8, 4) is 6.07 Å². The minimum atomic E-state index is 0.615. The van der Waals surface area contributed by atoms with E-state index in [4.69, 9.17) is 0 Å². The van der Waals surface area contributed by atoms with Gasteiger partial charge >= 0.3 is 0 Å². The van der Waals surface area contributed by atoms with E-state index in [1.807, 2.05) is 25.2 Å². The lowest BCUT2D eigenvalue weighted by Gasteiger charge is -2.56. The van der Waals surface area contributed by atoms with Gasteiger partial charge in [-0.1, -0.05) is 12.2 Å². The van der Waals surface area contributed by atoms with Gasteiger partial charge < -0.3 is 4.90 Å². The SMILES string of the molecule is C/C=C/C=C(\C#N)N(C)C1C2CC3CC(C2)CC1C3. The predicted molar refractivity (Wildman–Crippen MR) is 77.1 cm³/mol. The van der Waals surface area contributed by atoms with Crippen molar-refractivity contribution in [3.05, 3.63) is 23.9 Å². The molecular weight excluding hydrogens is 232 g/mol. The average Bonchev–Trinajstić information content (AvgIpc) is 2.38. The lowest BCUT2D eigenvalue weighted by atomic mass is 9.54. The molecule has 4 fully saturated rings. The Morgan fingerprint density at radius 2 is 1.68 bits per heavy atom. The second kappa shape index (κ2) is 5.04. The van der Waals surface area contributed by atoms with Crippen LogP contribution in [0.2, 0.25) is 0 Å². The summed E-state index contributed by atoms with van der Waals surface area (Å²) < 4.78 is 0. The maximum atomic E-state index is 9.38. The molecule has 0 N–H and O–H groups in total. The van der Waals surface area contributed by atoms with E-state index < -0.39 is 0 Å². The van der Waals surface area contributed by atoms with Crippen molar-refractivity contribution in [2.75, 3.05) is 7.05 Å². The maximum absolute atomic E-state index is 9.38. The fourth-order valence-electron chi connectivity index (χ4n) is 5.11. The van der Waals surface area contributed by atoms with Gasteiger partial charge in [-0.15, -0.1) is 0 Å². The van der Waals surface area contributed by atoms with E-state index in [1.54, 1.807) is 0 Å². The van der Waals surface area contributed by atoms with Crippen LogP contribution in [0.15, 0.2) is 23.9 Å². The van der Waals surface area contributed by atoms with Crippen LogP contribution in [0.4, 0.5) is 0 Å². The third-order valence-corrected chi connectivity index (χ3v) is 5.57. The molecule has 0 radical (unpaired) electrons. The summed E-state index contributed by atoms with van der Waals surface area (Å²) in [7, 11) is 2.13. The van der Waals surface area contributed by atoms with Crippen molar-refractivity contribution in [1.29, 1.82) is 5.26 Å². The Kier molecular flexibility index (Phi) is 3.39. The third kappa shape index (κ3) is 2.20. The molecule has 0 saturated heterocycles. The van der Waals surface area contributed by atoms with Crippen molar-refractivity contribution in [2.24, 2.45) is 23.7 Å². The molecule has 0 aliphatic heterocycles. The highest BCUT2D eigenvalue weighted by Gasteiger charge is 2.49. The Balaban J connectivity index is 1.80. The molecule has 102 valence electrons. The van der Waals surface area contributed by atoms with Crippen LogP contribution < -0.4 is 0 Å². The summed E-state index contributed by atoms with van der Waals surface area (Å²) in [5, 5.41) is 9.38. The molecule has 0 aromatic rings. The summed E-state index contributed by atoms with van der Waals surface area (Å²) >= 11 is 0. The molecule has 0 unspecified atom stereocenters. The Hall–Kier alpha value is -1.23. The van der Waals surface area contributed by atoms with Crippen molar-refractivity contribution in [1.82, 2.24) is 4.90 Å². The molecule has 19 heavy (non-hydrogen) atoms. The predicted octanol–water partition coefficient (Wildman–Crippen LogP) is 3.73. The van der Waals surface area contributed by atoms with E-state index in [9.17, 15) is 5.26 Å². The fraction of sp³-hybridized carbons (Fsp3) is 0.706. The Labute approximate surface area is 116 Å². The number of nitriles is 1. The lowest BCUT2D eigenvalue weighted by molar-refractivity contribution is -0.0465. The largest absolute Gasteiger partial charge is 0.363 e. The number of nitrogens with zero attached hydrogens (tertiary/aromatic N) is 2. The van der Waals surface area contributed by atoms with Crippen LogP contribution in [-0.2, 0) is 0 Å². The lowest BCUT2D eigenvalue weighted by Crippen LogP contribution is -2.54. The summed E-state index contributed by atoms with van der Waals surface area (Å²) in [6, 6.07) is 3.00. The molecule has 2 nitrogen and oxygen atoms in total. The summed E-state index contributed by atoms with van der Waals surface area (Å²) in [5.74, 6) is 3.67. The molecule has 0 aromatic heterocycles. The Morgan fingerprint density at radius 3 is 2.16 bits per heavy atom. The van der Waals surface area contributed by atoms with Crippen LogP contribution in [0.3, 0.4) is 0 Å². The van der Waals surface area contributed by atoms with Crippen molar-refractivity contribution < 1.29 is 0 Å². The highest BCUT2D eigenvalue weighted by Crippen LogP contribution is 2.55. The fourth-order valence-corrected chi connectivity index (χ4v) is 5.11. The molecule has 0 heterocycles. The highest BCUT2D eigenvalue weighted by molar-refractivity contribution is 5.25. The van der Waals surface area contributed by atoms with Gasteiger partial charge in [0.05, 0.1) is 0 Å². The van der Waals surface area contributed by atoms with Crippen LogP contribution in [0.5, 0.6) is 0 Å². The topological polar surface area (TPSA) is 27.0 Å². The molecule has 4 aliphatic carbocycles. The minimum absolute atomic E-state index is 0.615. The molecule has 0 aromatic carbocycles. The van der Waals surface area contributed by atoms with Gasteiger partial charge in [-0.2, -0.15) is 5.26 Å². The minimum Gasteiger partial charge on any atom is -0.363 e. The molecule has 0 amide bonds. The van der Waals surface area contributed by atoms with E-state index in [2.05, 4.69) is 18.0 Å². The first-order valence-corrected chi connectivity index (χ1v) is 7.68. The van der Waals surface area contributed by atoms with Gasteiger partial charge in [0.15, 0.2) is 0 Å².